The van der Waals surface area contributed by atoms with Crippen molar-refractivity contribution in [3.63, 3.8) is 0 Å². The van der Waals surface area contributed by atoms with Crippen molar-refractivity contribution >= 4 is 17.5 Å². The first-order chi connectivity index (χ1) is 15.0. The van der Waals surface area contributed by atoms with Gasteiger partial charge in [-0.05, 0) is 55.3 Å². The van der Waals surface area contributed by atoms with Gasteiger partial charge in [-0.3, -0.25) is 9.59 Å². The van der Waals surface area contributed by atoms with Crippen molar-refractivity contribution < 1.29 is 28.7 Å². The number of ether oxygens (including phenoxy) is 3. The molecule has 2 aromatic rings. The van der Waals surface area contributed by atoms with Crippen LogP contribution in [-0.2, 0) is 14.3 Å². The molecule has 1 fully saturated rings. The van der Waals surface area contributed by atoms with E-state index in [9.17, 15) is 9.59 Å². The number of carbonyl (C=O) groups is 2. The summed E-state index contributed by atoms with van der Waals surface area (Å²) < 4.78 is 16.4. The van der Waals surface area contributed by atoms with Gasteiger partial charge in [0, 0.05) is 11.3 Å². The molecule has 31 heavy (non-hydrogen) atoms. The lowest BCUT2D eigenvalue weighted by Crippen LogP contribution is -3.15. The van der Waals surface area contributed by atoms with Crippen molar-refractivity contribution in [2.75, 3.05) is 45.0 Å². The molecule has 0 aliphatic carbocycles. The third kappa shape index (κ3) is 4.98. The molecule has 0 spiro atoms. The summed E-state index contributed by atoms with van der Waals surface area (Å²) in [6.07, 6.45) is 0. The summed E-state index contributed by atoms with van der Waals surface area (Å²) in [4.78, 5) is 26.2. The fourth-order valence-electron chi connectivity index (χ4n) is 3.89. The van der Waals surface area contributed by atoms with E-state index in [0.29, 0.717) is 31.2 Å². The van der Waals surface area contributed by atoms with E-state index in [1.807, 2.05) is 44.2 Å². The molecule has 8 nitrogen and oxygen atoms in total. The van der Waals surface area contributed by atoms with Crippen molar-refractivity contribution in [1.29, 1.82) is 0 Å². The number of hydrogen-bond donors (Lipinski definition) is 3. The lowest BCUT2D eigenvalue weighted by molar-refractivity contribution is -0.937. The van der Waals surface area contributed by atoms with Crippen LogP contribution < -0.4 is 25.0 Å². The summed E-state index contributed by atoms with van der Waals surface area (Å²) in [5.74, 6) is 0.0894. The molecular weight excluding hydrogens is 398 g/mol. The van der Waals surface area contributed by atoms with Gasteiger partial charge in [0.25, 0.3) is 0 Å². The highest BCUT2D eigenvalue weighted by Crippen LogP contribution is 2.33. The van der Waals surface area contributed by atoms with Gasteiger partial charge in [0.15, 0.2) is 11.5 Å². The molecule has 0 unspecified atom stereocenters. The van der Waals surface area contributed by atoms with Crippen LogP contribution in [-0.4, -0.2) is 51.5 Å². The average molecular weight is 426 g/mol. The highest BCUT2D eigenvalue weighted by molar-refractivity contribution is 6.39. The topological polar surface area (TPSA) is 90.3 Å². The SMILES string of the molecule is Cc1ccc(NC(=O)C(=O)NC[C@@H](c2ccc3c(c2)OCO3)[NH+]2CCOCC2)cc1C. The number of rotatable bonds is 5. The van der Waals surface area contributed by atoms with Gasteiger partial charge in [-0.15, -0.1) is 0 Å². The van der Waals surface area contributed by atoms with Gasteiger partial charge >= 0.3 is 11.8 Å². The van der Waals surface area contributed by atoms with E-state index < -0.39 is 11.8 Å². The second-order valence-corrected chi connectivity index (χ2v) is 7.90. The van der Waals surface area contributed by atoms with Gasteiger partial charge in [0.1, 0.15) is 19.1 Å². The Kier molecular flexibility index (Phi) is 6.39. The predicted molar refractivity (Wildman–Crippen MR) is 114 cm³/mol. The first-order valence-corrected chi connectivity index (χ1v) is 10.5. The summed E-state index contributed by atoms with van der Waals surface area (Å²) in [6, 6.07) is 11.4. The van der Waals surface area contributed by atoms with Gasteiger partial charge in [-0.1, -0.05) is 6.07 Å². The van der Waals surface area contributed by atoms with Gasteiger partial charge in [-0.2, -0.15) is 0 Å². The molecule has 0 saturated carbocycles. The van der Waals surface area contributed by atoms with Gasteiger partial charge in [0.2, 0.25) is 6.79 Å². The molecular formula is C23H28N3O5+. The standard InChI is InChI=1S/C23H27N3O5/c1-15-3-5-18(11-16(15)2)25-23(28)22(27)24-13-19(26-7-9-29-10-8-26)17-4-6-20-21(12-17)31-14-30-20/h3-6,11-12,19H,7-10,13-14H2,1-2H3,(H,24,27)(H,25,28)/p+1/t19-/m0/s1. The largest absolute Gasteiger partial charge is 0.454 e. The van der Waals surface area contributed by atoms with Crippen LogP contribution in [0.1, 0.15) is 22.7 Å². The Labute approximate surface area is 181 Å². The highest BCUT2D eigenvalue weighted by Gasteiger charge is 2.29. The van der Waals surface area contributed by atoms with Crippen molar-refractivity contribution in [3.05, 3.63) is 53.1 Å². The Morgan fingerprint density at radius 3 is 2.52 bits per heavy atom. The minimum absolute atomic E-state index is 0.0308. The second kappa shape index (κ2) is 9.36. The van der Waals surface area contributed by atoms with Crippen LogP contribution in [0.2, 0.25) is 0 Å². The molecule has 2 aromatic carbocycles. The smallest absolute Gasteiger partial charge is 0.313 e. The van der Waals surface area contributed by atoms with Crippen LogP contribution in [0.15, 0.2) is 36.4 Å². The number of quaternary nitrogens is 1. The number of carbonyl (C=O) groups excluding carboxylic acids is 2. The first kappa shape index (κ1) is 21.1. The number of morpholine rings is 1. The van der Waals surface area contributed by atoms with Crippen LogP contribution in [0, 0.1) is 13.8 Å². The molecule has 1 saturated heterocycles. The number of benzene rings is 2. The van der Waals surface area contributed by atoms with Crippen LogP contribution in [0.25, 0.3) is 0 Å². The maximum Gasteiger partial charge on any atom is 0.313 e. The van der Waals surface area contributed by atoms with E-state index in [4.69, 9.17) is 14.2 Å². The van der Waals surface area contributed by atoms with E-state index in [1.165, 1.54) is 4.90 Å². The molecule has 0 radical (unpaired) electrons. The lowest BCUT2D eigenvalue weighted by Gasteiger charge is -2.32. The van der Waals surface area contributed by atoms with Gasteiger partial charge < -0.3 is 29.7 Å². The fourth-order valence-corrected chi connectivity index (χ4v) is 3.89. The molecule has 2 aliphatic rings. The number of nitrogens with one attached hydrogen (secondary N) is 3. The molecule has 0 aromatic heterocycles. The first-order valence-electron chi connectivity index (χ1n) is 10.5. The van der Waals surface area contributed by atoms with Crippen molar-refractivity contribution in [2.45, 2.75) is 19.9 Å². The summed E-state index contributed by atoms with van der Waals surface area (Å²) in [6.45, 7) is 7.48. The van der Waals surface area contributed by atoms with Crippen LogP contribution in [0.4, 0.5) is 5.69 Å². The van der Waals surface area contributed by atoms with Crippen LogP contribution in [0.3, 0.4) is 0 Å². The van der Waals surface area contributed by atoms with Crippen LogP contribution >= 0.6 is 0 Å². The number of fused-ring (bicyclic) bond motifs is 1. The number of amides is 2. The maximum atomic E-state index is 12.5. The number of hydrogen-bond acceptors (Lipinski definition) is 5. The number of anilines is 1. The highest BCUT2D eigenvalue weighted by atomic mass is 16.7. The molecule has 3 N–H and O–H groups in total. The summed E-state index contributed by atoms with van der Waals surface area (Å²) in [5.41, 5.74) is 3.81. The fraction of sp³-hybridized carbons (Fsp3) is 0.391. The molecule has 8 heteroatoms. The molecule has 2 aliphatic heterocycles. The van der Waals surface area contributed by atoms with E-state index in [1.54, 1.807) is 6.07 Å². The van der Waals surface area contributed by atoms with E-state index in [0.717, 1.165) is 35.5 Å². The Morgan fingerprint density at radius 2 is 1.74 bits per heavy atom. The van der Waals surface area contributed by atoms with Crippen molar-refractivity contribution in [3.8, 4) is 11.5 Å². The third-order valence-electron chi connectivity index (χ3n) is 5.86. The van der Waals surface area contributed by atoms with Gasteiger partial charge in [-0.25, -0.2) is 0 Å². The van der Waals surface area contributed by atoms with Crippen molar-refractivity contribution in [2.24, 2.45) is 0 Å². The predicted octanol–water partition coefficient (Wildman–Crippen LogP) is 0.743. The molecule has 1 atom stereocenters. The Balaban J connectivity index is 1.43. The van der Waals surface area contributed by atoms with Crippen molar-refractivity contribution in [1.82, 2.24) is 5.32 Å². The molecule has 0 bridgehead atoms. The van der Waals surface area contributed by atoms with Gasteiger partial charge in [0.05, 0.1) is 19.8 Å². The van der Waals surface area contributed by atoms with Crippen LogP contribution in [0.5, 0.6) is 11.5 Å². The average Bonchev–Trinajstić information content (AvgIpc) is 3.25. The Bertz CT molecular complexity index is 972. The Hall–Kier alpha value is -3.10. The molecule has 4 rings (SSSR count). The lowest BCUT2D eigenvalue weighted by atomic mass is 10.0. The van der Waals surface area contributed by atoms with E-state index in [-0.39, 0.29) is 12.8 Å². The normalized spacial score (nSPS) is 16.6. The molecule has 2 heterocycles. The van der Waals surface area contributed by atoms with E-state index >= 15 is 0 Å². The zero-order valence-corrected chi connectivity index (χ0v) is 17.8. The monoisotopic (exact) mass is 426 g/mol. The quantitative estimate of drug-likeness (QED) is 0.614. The Morgan fingerprint density at radius 1 is 0.968 bits per heavy atom. The molecule has 164 valence electrons. The summed E-state index contributed by atoms with van der Waals surface area (Å²) >= 11 is 0. The zero-order chi connectivity index (χ0) is 21.8. The van der Waals surface area contributed by atoms with E-state index in [2.05, 4.69) is 10.6 Å². The third-order valence-corrected chi connectivity index (χ3v) is 5.86. The summed E-state index contributed by atoms with van der Waals surface area (Å²) in [5, 5.41) is 5.48. The second-order valence-electron chi connectivity index (χ2n) is 7.90. The molecule has 2 amide bonds. The number of aryl methyl sites for hydroxylation is 2. The zero-order valence-electron chi connectivity index (χ0n) is 17.8. The maximum absolute atomic E-state index is 12.5. The minimum atomic E-state index is -0.676. The summed E-state index contributed by atoms with van der Waals surface area (Å²) in [7, 11) is 0. The minimum Gasteiger partial charge on any atom is -0.454 e.